The van der Waals surface area contributed by atoms with Crippen molar-refractivity contribution in [3.8, 4) is 16.9 Å². The zero-order valence-corrected chi connectivity index (χ0v) is 21.3. The van der Waals surface area contributed by atoms with E-state index in [-0.39, 0.29) is 23.6 Å². The minimum absolute atomic E-state index is 0.0462. The minimum Gasteiger partial charge on any atom is -0.467 e. The fourth-order valence-electron chi connectivity index (χ4n) is 4.22. The van der Waals surface area contributed by atoms with Gasteiger partial charge in [0.2, 0.25) is 10.0 Å². The number of carbonyl (C=O) groups is 2. The molecule has 1 aliphatic heterocycles. The van der Waals surface area contributed by atoms with Crippen molar-refractivity contribution >= 4 is 33.7 Å². The zero-order valence-electron chi connectivity index (χ0n) is 19.6. The number of hydrogen-bond donors (Lipinski definition) is 0. The van der Waals surface area contributed by atoms with Crippen LogP contribution in [0.15, 0.2) is 65.6 Å². The lowest BCUT2D eigenvalue weighted by molar-refractivity contribution is -0.141. The van der Waals surface area contributed by atoms with Crippen LogP contribution in [-0.4, -0.2) is 60.6 Å². The lowest BCUT2D eigenvalue weighted by Crippen LogP contribution is -2.40. The first-order valence-corrected chi connectivity index (χ1v) is 13.6. The summed E-state index contributed by atoms with van der Waals surface area (Å²) in [5, 5.41) is -1.04. The smallest absolute Gasteiger partial charge is 0.341 e. The van der Waals surface area contributed by atoms with Gasteiger partial charge in [0.1, 0.15) is 10.5 Å². The molecule has 0 N–H and O–H groups in total. The Kier molecular flexibility index (Phi) is 7.34. The second-order valence-electron chi connectivity index (χ2n) is 7.76. The van der Waals surface area contributed by atoms with Crippen molar-refractivity contribution in [2.75, 3.05) is 26.0 Å². The van der Waals surface area contributed by atoms with Crippen LogP contribution in [0.5, 0.6) is 0 Å². The molecule has 1 aromatic heterocycles. The van der Waals surface area contributed by atoms with Crippen molar-refractivity contribution in [1.29, 1.82) is 0 Å². The number of para-hydroxylation sites is 1. The molecule has 0 amide bonds. The number of hydrogen-bond acceptors (Lipinski definition) is 7. The van der Waals surface area contributed by atoms with Crippen molar-refractivity contribution in [3.05, 3.63) is 71.9 Å². The van der Waals surface area contributed by atoms with Gasteiger partial charge >= 0.3 is 11.9 Å². The maximum Gasteiger partial charge on any atom is 0.341 e. The van der Waals surface area contributed by atoms with Crippen molar-refractivity contribution in [3.63, 3.8) is 0 Å². The molecular formula is C25H26N2O6S2. The highest BCUT2D eigenvalue weighted by atomic mass is 32.2. The Hall–Kier alpha value is -3.08. The average Bonchev–Trinajstić information content (AvgIpc) is 3.49. The number of methoxy groups -OCH3 is 1. The largest absolute Gasteiger partial charge is 0.467 e. The molecule has 0 radical (unpaired) electrons. The van der Waals surface area contributed by atoms with Gasteiger partial charge in [-0.2, -0.15) is 4.31 Å². The van der Waals surface area contributed by atoms with Gasteiger partial charge in [-0.3, -0.25) is 0 Å². The third-order valence-electron chi connectivity index (χ3n) is 5.72. The maximum atomic E-state index is 14.3. The molecule has 1 atom stereocenters. The molecule has 0 saturated carbocycles. The van der Waals surface area contributed by atoms with Crippen LogP contribution >= 0.6 is 11.8 Å². The third-order valence-corrected chi connectivity index (χ3v) is 8.96. The molecule has 2 aromatic carbocycles. The summed E-state index contributed by atoms with van der Waals surface area (Å²) >= 11 is 1.19. The van der Waals surface area contributed by atoms with E-state index in [0.29, 0.717) is 28.4 Å². The van der Waals surface area contributed by atoms with Crippen LogP contribution in [0, 0.1) is 6.92 Å². The van der Waals surface area contributed by atoms with E-state index in [1.165, 1.54) is 18.9 Å². The van der Waals surface area contributed by atoms with Gasteiger partial charge in [-0.05, 0) is 31.5 Å². The molecule has 1 aliphatic rings. The highest BCUT2D eigenvalue weighted by Gasteiger charge is 2.45. The molecule has 4 rings (SSSR count). The molecule has 1 fully saturated rings. The average molecular weight is 515 g/mol. The number of nitrogens with zero attached hydrogens (tertiary/aromatic N) is 2. The molecule has 10 heteroatoms. The number of rotatable bonds is 7. The first kappa shape index (κ1) is 25.0. The number of aromatic nitrogens is 1. The van der Waals surface area contributed by atoms with Crippen molar-refractivity contribution < 1.29 is 27.5 Å². The van der Waals surface area contributed by atoms with E-state index >= 15 is 0 Å². The Balaban J connectivity index is 2.09. The molecule has 35 heavy (non-hydrogen) atoms. The quantitative estimate of drug-likeness (QED) is 0.442. The first-order chi connectivity index (χ1) is 16.8. The fourth-order valence-corrected chi connectivity index (χ4v) is 7.73. The summed E-state index contributed by atoms with van der Waals surface area (Å²) in [5.74, 6) is -0.974. The monoisotopic (exact) mass is 514 g/mol. The van der Waals surface area contributed by atoms with Gasteiger partial charge in [-0.1, -0.05) is 48.5 Å². The Labute approximate surface area is 208 Å². The van der Waals surface area contributed by atoms with Gasteiger partial charge in [-0.15, -0.1) is 11.8 Å². The highest BCUT2D eigenvalue weighted by molar-refractivity contribution is 8.02. The van der Waals surface area contributed by atoms with Crippen LogP contribution in [0.25, 0.3) is 16.9 Å². The normalized spacial score (nSPS) is 16.3. The molecule has 0 aliphatic carbocycles. The molecule has 0 spiro atoms. The summed E-state index contributed by atoms with van der Waals surface area (Å²) in [5.41, 5.74) is 2.01. The standard InChI is InChI=1S/C25H26N2O6S2/c1-4-33-24(28)20-17(2)27(19-13-9-6-10-14-19)21(18-11-7-5-8-12-18)22(20)35(30,31)26-15-16-34-23(26)25(29)32-3/h5-14,23H,4,15-16H2,1-3H3. The molecule has 8 nitrogen and oxygen atoms in total. The molecule has 1 saturated heterocycles. The molecule has 2 heterocycles. The van der Waals surface area contributed by atoms with E-state index in [0.717, 1.165) is 4.31 Å². The number of ether oxygens (including phenoxy) is 2. The Morgan fingerprint density at radius 2 is 1.69 bits per heavy atom. The van der Waals surface area contributed by atoms with Gasteiger partial charge in [0.15, 0.2) is 5.37 Å². The van der Waals surface area contributed by atoms with Crippen LogP contribution in [0.1, 0.15) is 23.0 Å². The van der Waals surface area contributed by atoms with Crippen molar-refractivity contribution in [2.45, 2.75) is 24.1 Å². The molecule has 0 bridgehead atoms. The van der Waals surface area contributed by atoms with Gasteiger partial charge < -0.3 is 14.0 Å². The summed E-state index contributed by atoms with van der Waals surface area (Å²) in [7, 11) is -3.11. The van der Waals surface area contributed by atoms with E-state index in [2.05, 4.69) is 0 Å². The van der Waals surface area contributed by atoms with Gasteiger partial charge in [0.05, 0.1) is 19.4 Å². The van der Waals surface area contributed by atoms with Crippen molar-refractivity contribution in [2.24, 2.45) is 0 Å². The predicted molar refractivity (Wildman–Crippen MR) is 134 cm³/mol. The van der Waals surface area contributed by atoms with Gasteiger partial charge in [-0.25, -0.2) is 18.0 Å². The van der Waals surface area contributed by atoms with Crippen LogP contribution in [-0.2, 0) is 24.3 Å². The summed E-state index contributed by atoms with van der Waals surface area (Å²) in [6, 6.07) is 18.2. The van der Waals surface area contributed by atoms with Crippen LogP contribution in [0.4, 0.5) is 0 Å². The lowest BCUT2D eigenvalue weighted by Gasteiger charge is -2.22. The maximum absolute atomic E-state index is 14.3. The number of esters is 2. The Morgan fingerprint density at radius 1 is 1.06 bits per heavy atom. The minimum atomic E-state index is -4.34. The number of benzene rings is 2. The second-order valence-corrected chi connectivity index (χ2v) is 10.8. The molecule has 184 valence electrons. The number of thioether (sulfide) groups is 1. The lowest BCUT2D eigenvalue weighted by atomic mass is 10.1. The number of sulfonamides is 1. The van der Waals surface area contributed by atoms with Crippen LogP contribution in [0.2, 0.25) is 0 Å². The summed E-state index contributed by atoms with van der Waals surface area (Å²) < 4.78 is 41.6. The molecular weight excluding hydrogens is 488 g/mol. The molecule has 3 aromatic rings. The van der Waals surface area contributed by atoms with Crippen LogP contribution in [0.3, 0.4) is 0 Å². The highest BCUT2D eigenvalue weighted by Crippen LogP contribution is 2.41. The van der Waals surface area contributed by atoms with E-state index < -0.39 is 27.3 Å². The summed E-state index contributed by atoms with van der Waals surface area (Å²) in [6.45, 7) is 3.55. The van der Waals surface area contributed by atoms with E-state index in [4.69, 9.17) is 9.47 Å². The first-order valence-electron chi connectivity index (χ1n) is 11.1. The molecule has 1 unspecified atom stereocenters. The van der Waals surface area contributed by atoms with E-state index in [1.807, 2.05) is 36.4 Å². The Morgan fingerprint density at radius 3 is 2.29 bits per heavy atom. The third kappa shape index (κ3) is 4.49. The summed E-state index contributed by atoms with van der Waals surface area (Å²) in [6.07, 6.45) is 0. The second kappa shape index (κ2) is 10.3. The van der Waals surface area contributed by atoms with Crippen molar-refractivity contribution in [1.82, 2.24) is 8.87 Å². The zero-order chi connectivity index (χ0) is 25.2. The van der Waals surface area contributed by atoms with Gasteiger partial charge in [0, 0.05) is 23.7 Å². The van der Waals surface area contributed by atoms with E-state index in [9.17, 15) is 18.0 Å². The van der Waals surface area contributed by atoms with Crippen LogP contribution < -0.4 is 0 Å². The Bertz CT molecular complexity index is 1340. The topological polar surface area (TPSA) is 94.9 Å². The predicted octanol–water partition coefficient (Wildman–Crippen LogP) is 3.87. The fraction of sp³-hybridized carbons (Fsp3) is 0.280. The number of carbonyl (C=O) groups excluding carboxylic acids is 2. The SMILES string of the molecule is CCOC(=O)c1c(S(=O)(=O)N2CCSC2C(=O)OC)c(-c2ccccc2)n(-c2ccccc2)c1C. The summed E-state index contributed by atoms with van der Waals surface area (Å²) in [4.78, 5) is 25.5. The van der Waals surface area contributed by atoms with Gasteiger partial charge in [0.25, 0.3) is 0 Å². The van der Waals surface area contributed by atoms with E-state index in [1.54, 1.807) is 42.7 Å².